The van der Waals surface area contributed by atoms with Crippen LogP contribution in [0.3, 0.4) is 0 Å². The Labute approximate surface area is 145 Å². The highest BCUT2D eigenvalue weighted by atomic mass is 16.7. The van der Waals surface area contributed by atoms with Crippen molar-refractivity contribution in [3.05, 3.63) is 40.4 Å². The fourth-order valence-corrected chi connectivity index (χ4v) is 2.66. The van der Waals surface area contributed by atoms with Crippen LogP contribution in [0.25, 0.3) is 6.08 Å². The topological polar surface area (TPSA) is 47.6 Å². The van der Waals surface area contributed by atoms with E-state index < -0.39 is 18.3 Å². The van der Waals surface area contributed by atoms with Crippen LogP contribution in [0, 0.1) is 13.8 Å². The zero-order valence-electron chi connectivity index (χ0n) is 15.8. The molecule has 0 spiro atoms. The van der Waals surface area contributed by atoms with E-state index in [1.54, 1.807) is 0 Å². The van der Waals surface area contributed by atoms with E-state index in [1.165, 1.54) is 18.1 Å². The lowest BCUT2D eigenvalue weighted by molar-refractivity contribution is -0.118. The molecule has 1 amide bonds. The smallest absolute Gasteiger partial charge is 0.400 e. The number of carbonyl (C=O) groups is 1. The number of benzene rings is 1. The highest BCUT2D eigenvalue weighted by Crippen LogP contribution is 2.38. The van der Waals surface area contributed by atoms with Crippen LogP contribution in [0.15, 0.2) is 23.7 Å². The standard InChI is InChI=1S/C19H28BNO3/c1-13-9-8-10-14(2)17(13)11-16(12-21-15(3)22)20-23-18(4,5)19(6,7)24-20/h8-11H,12H2,1-7H3,(H,21,22). The first-order chi connectivity index (χ1) is 11.0. The van der Waals surface area contributed by atoms with Crippen LogP contribution in [0.2, 0.25) is 0 Å². The van der Waals surface area contributed by atoms with Gasteiger partial charge < -0.3 is 14.6 Å². The molecule has 0 aromatic heterocycles. The first-order valence-corrected chi connectivity index (χ1v) is 8.40. The minimum Gasteiger partial charge on any atom is -0.400 e. The number of aryl methyl sites for hydroxylation is 2. The summed E-state index contributed by atoms with van der Waals surface area (Å²) in [5, 5.41) is 2.87. The van der Waals surface area contributed by atoms with Gasteiger partial charge in [-0.1, -0.05) is 24.3 Å². The zero-order valence-corrected chi connectivity index (χ0v) is 15.8. The summed E-state index contributed by atoms with van der Waals surface area (Å²) in [7, 11) is -0.471. The second-order valence-electron chi connectivity index (χ2n) is 7.52. The molecule has 4 nitrogen and oxygen atoms in total. The third-order valence-corrected chi connectivity index (χ3v) is 4.97. The van der Waals surface area contributed by atoms with Gasteiger partial charge in [0.25, 0.3) is 0 Å². The van der Waals surface area contributed by atoms with Crippen LogP contribution in [0.5, 0.6) is 0 Å². The monoisotopic (exact) mass is 329 g/mol. The third-order valence-electron chi connectivity index (χ3n) is 4.97. The lowest BCUT2D eigenvalue weighted by Crippen LogP contribution is -2.41. The molecule has 1 aromatic rings. The van der Waals surface area contributed by atoms with Crippen molar-refractivity contribution in [2.75, 3.05) is 6.54 Å². The first kappa shape index (κ1) is 18.7. The molecule has 1 saturated heterocycles. The minimum absolute atomic E-state index is 0.0704. The second kappa shape index (κ2) is 6.73. The van der Waals surface area contributed by atoms with Gasteiger partial charge in [0, 0.05) is 13.5 Å². The van der Waals surface area contributed by atoms with Crippen molar-refractivity contribution >= 4 is 19.1 Å². The number of hydrogen-bond donors (Lipinski definition) is 1. The normalized spacial score (nSPS) is 19.5. The van der Waals surface area contributed by atoms with Crippen molar-refractivity contribution < 1.29 is 14.1 Å². The van der Waals surface area contributed by atoms with Gasteiger partial charge in [-0.25, -0.2) is 0 Å². The van der Waals surface area contributed by atoms with Crippen molar-refractivity contribution in [3.8, 4) is 0 Å². The number of amides is 1. The number of rotatable bonds is 4. The Balaban J connectivity index is 2.39. The van der Waals surface area contributed by atoms with E-state index >= 15 is 0 Å². The predicted octanol–water partition coefficient (Wildman–Crippen LogP) is 3.45. The molecular formula is C19H28BNO3. The van der Waals surface area contributed by atoms with Gasteiger partial charge in [0.1, 0.15) is 0 Å². The largest absolute Gasteiger partial charge is 0.492 e. The van der Waals surface area contributed by atoms with Gasteiger partial charge >= 0.3 is 7.12 Å². The molecule has 1 heterocycles. The zero-order chi connectivity index (χ0) is 18.1. The maximum atomic E-state index is 11.4. The third kappa shape index (κ3) is 3.90. The van der Waals surface area contributed by atoms with Gasteiger partial charge in [-0.15, -0.1) is 0 Å². The fraction of sp³-hybridized carbons (Fsp3) is 0.526. The molecule has 1 fully saturated rings. The maximum Gasteiger partial charge on any atom is 0.492 e. The molecule has 2 rings (SSSR count). The molecule has 0 unspecified atom stereocenters. The van der Waals surface area contributed by atoms with E-state index in [9.17, 15) is 4.79 Å². The van der Waals surface area contributed by atoms with Crippen molar-refractivity contribution in [2.45, 2.75) is 59.7 Å². The van der Waals surface area contributed by atoms with Crippen LogP contribution >= 0.6 is 0 Å². The fourth-order valence-electron chi connectivity index (χ4n) is 2.66. The molecule has 1 aliphatic rings. The van der Waals surface area contributed by atoms with Crippen molar-refractivity contribution in [3.63, 3.8) is 0 Å². The molecule has 0 bridgehead atoms. The number of hydrogen-bond acceptors (Lipinski definition) is 3. The highest BCUT2D eigenvalue weighted by molar-refractivity contribution is 6.56. The Morgan fingerprint density at radius 2 is 1.62 bits per heavy atom. The first-order valence-electron chi connectivity index (χ1n) is 8.40. The Bertz CT molecular complexity index is 628. The highest BCUT2D eigenvalue weighted by Gasteiger charge is 2.52. The summed E-state index contributed by atoms with van der Waals surface area (Å²) in [6.45, 7) is 14.2. The molecule has 1 aliphatic heterocycles. The Hall–Kier alpha value is -1.59. The Morgan fingerprint density at radius 3 is 2.08 bits per heavy atom. The van der Waals surface area contributed by atoms with Crippen LogP contribution in [0.4, 0.5) is 0 Å². The van der Waals surface area contributed by atoms with Crippen molar-refractivity contribution in [1.29, 1.82) is 0 Å². The second-order valence-corrected chi connectivity index (χ2v) is 7.52. The summed E-state index contributed by atoms with van der Waals surface area (Å²) in [6.07, 6.45) is 2.09. The van der Waals surface area contributed by atoms with Gasteiger partial charge in [0.2, 0.25) is 5.91 Å². The number of carbonyl (C=O) groups excluding carboxylic acids is 1. The Morgan fingerprint density at radius 1 is 1.12 bits per heavy atom. The van der Waals surface area contributed by atoms with Gasteiger partial charge in [0.15, 0.2) is 0 Å². The van der Waals surface area contributed by atoms with Gasteiger partial charge in [-0.05, 0) is 63.7 Å². The molecule has 1 aromatic carbocycles. The summed E-state index contributed by atoms with van der Waals surface area (Å²) in [5.74, 6) is -0.0704. The van der Waals surface area contributed by atoms with E-state index in [-0.39, 0.29) is 5.91 Å². The maximum absolute atomic E-state index is 11.4. The molecule has 0 atom stereocenters. The van der Waals surface area contributed by atoms with Crippen LogP contribution in [0.1, 0.15) is 51.3 Å². The minimum atomic E-state index is -0.471. The Kier molecular flexibility index (Phi) is 5.26. The summed E-state index contributed by atoms with van der Waals surface area (Å²) >= 11 is 0. The predicted molar refractivity (Wildman–Crippen MR) is 98.7 cm³/mol. The van der Waals surface area contributed by atoms with E-state index in [0.717, 1.165) is 11.0 Å². The SMILES string of the molecule is CC(=O)NCC(=Cc1c(C)cccc1C)B1OC(C)(C)C(C)(C)O1. The van der Waals surface area contributed by atoms with E-state index in [4.69, 9.17) is 9.31 Å². The molecular weight excluding hydrogens is 301 g/mol. The van der Waals surface area contributed by atoms with Crippen LogP contribution < -0.4 is 5.32 Å². The molecule has 0 aliphatic carbocycles. The van der Waals surface area contributed by atoms with Crippen LogP contribution in [-0.2, 0) is 14.1 Å². The lowest BCUT2D eigenvalue weighted by atomic mass is 9.76. The summed E-state index contributed by atoms with van der Waals surface area (Å²) in [6, 6.07) is 6.21. The molecule has 130 valence electrons. The van der Waals surface area contributed by atoms with Gasteiger partial charge in [-0.3, -0.25) is 4.79 Å². The van der Waals surface area contributed by atoms with Gasteiger partial charge in [0.05, 0.1) is 11.2 Å². The molecule has 24 heavy (non-hydrogen) atoms. The molecule has 0 radical (unpaired) electrons. The average molecular weight is 329 g/mol. The molecule has 1 N–H and O–H groups in total. The van der Waals surface area contributed by atoms with Gasteiger partial charge in [-0.2, -0.15) is 0 Å². The molecule has 5 heteroatoms. The van der Waals surface area contributed by atoms with E-state index in [2.05, 4.69) is 37.4 Å². The van der Waals surface area contributed by atoms with E-state index in [1.807, 2.05) is 33.8 Å². The lowest BCUT2D eigenvalue weighted by Gasteiger charge is -2.32. The van der Waals surface area contributed by atoms with Crippen LogP contribution in [-0.4, -0.2) is 30.8 Å². The van der Waals surface area contributed by atoms with Crippen molar-refractivity contribution in [1.82, 2.24) is 5.32 Å². The summed E-state index contributed by atoms with van der Waals surface area (Å²) < 4.78 is 12.3. The number of nitrogens with one attached hydrogen (secondary N) is 1. The quantitative estimate of drug-likeness (QED) is 0.861. The average Bonchev–Trinajstić information content (AvgIpc) is 2.65. The summed E-state index contributed by atoms with van der Waals surface area (Å²) in [5.41, 5.74) is 3.62. The summed E-state index contributed by atoms with van der Waals surface area (Å²) in [4.78, 5) is 11.4. The molecule has 0 saturated carbocycles. The van der Waals surface area contributed by atoms with Crippen molar-refractivity contribution in [2.24, 2.45) is 0 Å². The van der Waals surface area contributed by atoms with E-state index in [0.29, 0.717) is 6.54 Å².